The number of esters is 1. The van der Waals surface area contributed by atoms with E-state index in [0.29, 0.717) is 22.1 Å². The van der Waals surface area contributed by atoms with Gasteiger partial charge in [0.15, 0.2) is 6.61 Å². The number of hydrogen-bond donors (Lipinski definition) is 2. The van der Waals surface area contributed by atoms with Crippen molar-refractivity contribution in [3.05, 3.63) is 16.3 Å². The van der Waals surface area contributed by atoms with E-state index in [0.717, 1.165) is 25.7 Å². The number of ether oxygens (including phenoxy) is 1. The first-order valence-electron chi connectivity index (χ1n) is 9.73. The molecule has 0 unspecified atom stereocenters. The second-order valence-electron chi connectivity index (χ2n) is 7.30. The molecule has 1 aliphatic rings. The average molecular weight is 767 g/mol. The Kier molecular flexibility index (Phi) is 10.2. The van der Waals surface area contributed by atoms with Gasteiger partial charge in [0.25, 0.3) is 5.91 Å². The highest BCUT2D eigenvalue weighted by molar-refractivity contribution is 14.1. The maximum atomic E-state index is 12.9. The van der Waals surface area contributed by atoms with Gasteiger partial charge in [-0.05, 0) is 80.6 Å². The van der Waals surface area contributed by atoms with Crippen LogP contribution >= 0.6 is 67.8 Å². The van der Waals surface area contributed by atoms with E-state index in [2.05, 4.69) is 10.6 Å². The standard InChI is InChI=1S/C20H24I3N3O5/c1-10(27)24-18-15(21)14(16(22)19(17(18)23)25-11(2)28)20(30)31-9-13(29)26(3)12-7-5-4-6-8-12/h12H,4-9H2,1-3H3,(H,24,27)(H,25,28). The third-order valence-corrected chi connectivity index (χ3v) is 8.20. The molecule has 3 amide bonds. The molecule has 8 nitrogen and oxygen atoms in total. The minimum atomic E-state index is -0.686. The van der Waals surface area contributed by atoms with E-state index in [1.165, 1.54) is 20.3 Å². The van der Waals surface area contributed by atoms with Gasteiger partial charge >= 0.3 is 5.97 Å². The second-order valence-corrected chi connectivity index (χ2v) is 10.5. The molecule has 0 spiro atoms. The summed E-state index contributed by atoms with van der Waals surface area (Å²) in [5.41, 5.74) is 1.02. The van der Waals surface area contributed by atoms with Gasteiger partial charge in [0.1, 0.15) is 0 Å². The van der Waals surface area contributed by atoms with Crippen molar-refractivity contribution < 1.29 is 23.9 Å². The summed E-state index contributed by atoms with van der Waals surface area (Å²) < 4.78 is 6.92. The molecule has 31 heavy (non-hydrogen) atoms. The van der Waals surface area contributed by atoms with Crippen molar-refractivity contribution in [3.8, 4) is 0 Å². The number of likely N-dealkylation sites (N-methyl/N-ethyl adjacent to an activating group) is 1. The number of amides is 3. The highest BCUT2D eigenvalue weighted by Gasteiger charge is 2.28. The van der Waals surface area contributed by atoms with Crippen molar-refractivity contribution in [1.29, 1.82) is 0 Å². The number of hydrogen-bond acceptors (Lipinski definition) is 5. The van der Waals surface area contributed by atoms with Crippen molar-refractivity contribution in [1.82, 2.24) is 4.90 Å². The first-order valence-corrected chi connectivity index (χ1v) is 13.0. The summed E-state index contributed by atoms with van der Waals surface area (Å²) in [7, 11) is 1.74. The van der Waals surface area contributed by atoms with Gasteiger partial charge in [-0.1, -0.05) is 19.3 Å². The number of benzene rings is 1. The largest absolute Gasteiger partial charge is 0.452 e. The van der Waals surface area contributed by atoms with E-state index in [9.17, 15) is 19.2 Å². The molecule has 0 atom stereocenters. The number of rotatable bonds is 6. The maximum Gasteiger partial charge on any atom is 0.340 e. The average Bonchev–Trinajstić information content (AvgIpc) is 2.72. The third-order valence-electron chi connectivity index (χ3n) is 4.97. The Hall–Kier alpha value is -0.710. The molecule has 2 rings (SSSR count). The zero-order valence-corrected chi connectivity index (χ0v) is 23.9. The van der Waals surface area contributed by atoms with Crippen LogP contribution in [0.15, 0.2) is 0 Å². The summed E-state index contributed by atoms with van der Waals surface area (Å²) in [6.07, 6.45) is 5.30. The van der Waals surface area contributed by atoms with Crippen LogP contribution in [0.2, 0.25) is 0 Å². The predicted molar refractivity (Wildman–Crippen MR) is 143 cm³/mol. The summed E-state index contributed by atoms with van der Waals surface area (Å²) in [4.78, 5) is 50.5. The SMILES string of the molecule is CC(=O)Nc1c(I)c(NC(C)=O)c(I)c(C(=O)OCC(=O)N(C)C2CCCCC2)c1I. The maximum absolute atomic E-state index is 12.9. The molecule has 0 radical (unpaired) electrons. The Labute approximate surface area is 222 Å². The van der Waals surface area contributed by atoms with Crippen molar-refractivity contribution >= 4 is 103 Å². The molecule has 0 aliphatic heterocycles. The molecule has 0 bridgehead atoms. The van der Waals surface area contributed by atoms with E-state index in [-0.39, 0.29) is 35.9 Å². The molecular weight excluding hydrogens is 743 g/mol. The Morgan fingerprint density at radius 2 is 1.39 bits per heavy atom. The van der Waals surface area contributed by atoms with Crippen LogP contribution in [0.25, 0.3) is 0 Å². The van der Waals surface area contributed by atoms with Crippen molar-refractivity contribution in [3.63, 3.8) is 0 Å². The smallest absolute Gasteiger partial charge is 0.340 e. The molecule has 1 aromatic carbocycles. The molecule has 1 saturated carbocycles. The number of nitrogens with one attached hydrogen (secondary N) is 2. The Morgan fingerprint density at radius 3 is 1.84 bits per heavy atom. The zero-order chi connectivity index (χ0) is 23.3. The minimum Gasteiger partial charge on any atom is -0.452 e. The first-order chi connectivity index (χ1) is 14.5. The summed E-state index contributed by atoms with van der Waals surface area (Å²) >= 11 is 5.94. The Morgan fingerprint density at radius 1 is 0.903 bits per heavy atom. The van der Waals surface area contributed by atoms with Crippen LogP contribution in [0.5, 0.6) is 0 Å². The predicted octanol–water partition coefficient (Wildman–Crippen LogP) is 4.37. The summed E-state index contributed by atoms with van der Waals surface area (Å²) in [5, 5.41) is 5.42. The van der Waals surface area contributed by atoms with Crippen LogP contribution in [0.1, 0.15) is 56.3 Å². The van der Waals surface area contributed by atoms with Crippen LogP contribution in [-0.2, 0) is 19.1 Å². The highest BCUT2D eigenvalue weighted by atomic mass is 127. The summed E-state index contributed by atoms with van der Waals surface area (Å²) in [6, 6.07) is 0.177. The molecule has 1 fully saturated rings. The fourth-order valence-corrected chi connectivity index (χ4v) is 7.53. The second kappa shape index (κ2) is 12.0. The molecule has 0 saturated heterocycles. The molecule has 11 heteroatoms. The number of carbonyl (C=O) groups is 4. The normalized spacial score (nSPS) is 14.0. The zero-order valence-electron chi connectivity index (χ0n) is 17.4. The molecular formula is C20H24I3N3O5. The first kappa shape index (κ1) is 26.5. The fourth-order valence-electron chi connectivity index (χ4n) is 3.39. The van der Waals surface area contributed by atoms with Gasteiger partial charge in [0.05, 0.1) is 27.6 Å². The van der Waals surface area contributed by atoms with Crippen molar-refractivity contribution in [2.75, 3.05) is 24.3 Å². The van der Waals surface area contributed by atoms with Crippen LogP contribution < -0.4 is 10.6 Å². The summed E-state index contributed by atoms with van der Waals surface area (Å²) in [5.74, 6) is -1.56. The van der Waals surface area contributed by atoms with E-state index in [4.69, 9.17) is 4.74 Å². The van der Waals surface area contributed by atoms with Gasteiger partial charge in [-0.15, -0.1) is 0 Å². The Bertz CT molecular complexity index is 858. The van der Waals surface area contributed by atoms with E-state index >= 15 is 0 Å². The number of nitrogens with zero attached hydrogens (tertiary/aromatic N) is 1. The molecule has 0 heterocycles. The van der Waals surface area contributed by atoms with Gasteiger partial charge < -0.3 is 20.3 Å². The monoisotopic (exact) mass is 767 g/mol. The van der Waals surface area contributed by atoms with Crippen molar-refractivity contribution in [2.24, 2.45) is 0 Å². The quantitative estimate of drug-likeness (QED) is 0.331. The van der Waals surface area contributed by atoms with Crippen LogP contribution in [0.4, 0.5) is 11.4 Å². The van der Waals surface area contributed by atoms with Crippen molar-refractivity contribution in [2.45, 2.75) is 52.0 Å². The fraction of sp³-hybridized carbons (Fsp3) is 0.500. The van der Waals surface area contributed by atoms with E-state index in [1.807, 2.05) is 67.8 Å². The van der Waals surface area contributed by atoms with Gasteiger partial charge in [-0.3, -0.25) is 14.4 Å². The lowest BCUT2D eigenvalue weighted by Crippen LogP contribution is -2.40. The number of halogens is 3. The lowest BCUT2D eigenvalue weighted by Gasteiger charge is -2.31. The van der Waals surface area contributed by atoms with E-state index < -0.39 is 5.97 Å². The number of carbonyl (C=O) groups excluding carboxylic acids is 4. The van der Waals surface area contributed by atoms with Gasteiger partial charge in [0, 0.05) is 26.9 Å². The lowest BCUT2D eigenvalue weighted by atomic mass is 9.94. The van der Waals surface area contributed by atoms with Crippen LogP contribution in [-0.4, -0.2) is 48.3 Å². The lowest BCUT2D eigenvalue weighted by molar-refractivity contribution is -0.135. The van der Waals surface area contributed by atoms with Crippen LogP contribution in [0.3, 0.4) is 0 Å². The van der Waals surface area contributed by atoms with Crippen LogP contribution in [0, 0.1) is 10.7 Å². The third kappa shape index (κ3) is 6.88. The van der Waals surface area contributed by atoms with Gasteiger partial charge in [-0.2, -0.15) is 0 Å². The molecule has 0 aromatic heterocycles. The molecule has 1 aliphatic carbocycles. The number of anilines is 2. The van der Waals surface area contributed by atoms with E-state index in [1.54, 1.807) is 11.9 Å². The Balaban J connectivity index is 2.28. The topological polar surface area (TPSA) is 105 Å². The van der Waals surface area contributed by atoms with Gasteiger partial charge in [-0.25, -0.2) is 4.79 Å². The summed E-state index contributed by atoms with van der Waals surface area (Å²) in [6.45, 7) is 2.36. The minimum absolute atomic E-state index is 0.177. The molecule has 1 aromatic rings. The highest BCUT2D eigenvalue weighted by Crippen LogP contribution is 2.39. The molecule has 2 N–H and O–H groups in total. The molecule has 170 valence electrons. The van der Waals surface area contributed by atoms with Gasteiger partial charge in [0.2, 0.25) is 11.8 Å².